The third kappa shape index (κ3) is 12.6. The van der Waals surface area contributed by atoms with Gasteiger partial charge in [-0.15, -0.1) is 0 Å². The van der Waals surface area contributed by atoms with E-state index in [1.54, 1.807) is 7.11 Å². The molecule has 0 bridgehead atoms. The molecular weight excluding hydrogens is 667 g/mol. The molecule has 0 aromatic heterocycles. The van der Waals surface area contributed by atoms with Crippen LogP contribution in [0.25, 0.3) is 0 Å². The smallest absolute Gasteiger partial charge is 0.117 e. The van der Waals surface area contributed by atoms with Gasteiger partial charge in [0.1, 0.15) is 5.76 Å². The maximum atomic E-state index is 5.57. The van der Waals surface area contributed by atoms with Crippen molar-refractivity contribution in [3.8, 4) is 0 Å². The number of likely N-dealkylation sites (tertiary alicyclic amines) is 2. The van der Waals surface area contributed by atoms with Gasteiger partial charge in [-0.2, -0.15) is 5.75 Å². The van der Waals surface area contributed by atoms with E-state index in [-0.39, 0.29) is 40.8 Å². The van der Waals surface area contributed by atoms with Gasteiger partial charge in [-0.25, -0.2) is 0 Å². The number of hydrogen-bond acceptors (Lipinski definition) is 5. The molecule has 2 heterocycles. The van der Waals surface area contributed by atoms with Crippen molar-refractivity contribution >= 4 is 18.3 Å². The number of rotatable bonds is 5. The summed E-state index contributed by atoms with van der Waals surface area (Å²) in [5.41, 5.74) is 7.07. The van der Waals surface area contributed by atoms with E-state index in [0.29, 0.717) is 5.41 Å². The summed E-state index contributed by atoms with van der Waals surface area (Å²) in [4.78, 5) is 9.61. The van der Waals surface area contributed by atoms with Crippen LogP contribution in [0.4, 0.5) is 0 Å². The minimum absolute atomic E-state index is 0. The summed E-state index contributed by atoms with van der Waals surface area (Å²) >= 11 is 4.39. The van der Waals surface area contributed by atoms with Gasteiger partial charge < -0.3 is 27.2 Å². The van der Waals surface area contributed by atoms with Crippen molar-refractivity contribution in [2.45, 2.75) is 105 Å². The molecule has 0 N–H and O–H groups in total. The zero-order valence-corrected chi connectivity index (χ0v) is 32.1. The Bertz CT molecular complexity index is 947. The van der Waals surface area contributed by atoms with Gasteiger partial charge in [-0.05, 0) is 95.0 Å². The summed E-state index contributed by atoms with van der Waals surface area (Å²) in [6.07, 6.45) is 27.3. The summed E-state index contributed by atoms with van der Waals surface area (Å²) in [6, 6.07) is 0. The minimum Gasteiger partial charge on any atom is -0.793 e. The van der Waals surface area contributed by atoms with Crippen molar-refractivity contribution in [3.05, 3.63) is 58.6 Å². The Morgan fingerprint density at radius 3 is 2.02 bits per heavy atom. The summed E-state index contributed by atoms with van der Waals surface area (Å²) in [6.45, 7) is 13.1. The molecule has 2 aliphatic heterocycles. The molecule has 0 aromatic rings. The van der Waals surface area contributed by atoms with E-state index >= 15 is 0 Å². The van der Waals surface area contributed by atoms with E-state index in [1.165, 1.54) is 100.0 Å². The standard InChI is InChI=1S/C26H37N3O.C6H12.C2H6S.C2H6.Nd/c1-20(29-18-26(19-29)13-15-28(3)16-14-26)23-17-21(10-12-24(23)27-2)9-11-22-7-5-6-8-25(22)30-4;1-2-4-6-5-3-1;1-2-3;1-2;/h7-8,10,12,17H,5-6,9,11,13-16,18-19H2,1-4H3;1-6H2;3H,2H2,1H3;1-2H3;/p-1/b23-20+,27-24?;;;;. The predicted molar refractivity (Wildman–Crippen MR) is 183 cm³/mol. The van der Waals surface area contributed by atoms with Crippen molar-refractivity contribution in [1.29, 1.82) is 0 Å². The fraction of sp³-hybridized carbons (Fsp3) is 0.694. The van der Waals surface area contributed by atoms with Crippen molar-refractivity contribution in [1.82, 2.24) is 9.80 Å². The second-order valence-corrected chi connectivity index (χ2v) is 12.4. The van der Waals surface area contributed by atoms with E-state index in [0.717, 1.165) is 42.9 Å². The summed E-state index contributed by atoms with van der Waals surface area (Å²) in [5.74, 6) is 1.90. The van der Waals surface area contributed by atoms with E-state index in [9.17, 15) is 0 Å². The van der Waals surface area contributed by atoms with Crippen LogP contribution in [-0.4, -0.2) is 68.6 Å². The Kier molecular flexibility index (Phi) is 20.9. The molecule has 5 aliphatic rings. The number of piperidine rings is 1. The average molecular weight is 727 g/mol. The number of ether oxygens (including phenoxy) is 1. The van der Waals surface area contributed by atoms with Crippen molar-refractivity contribution in [3.63, 3.8) is 0 Å². The molecule has 0 unspecified atom stereocenters. The van der Waals surface area contributed by atoms with Crippen molar-refractivity contribution in [2.24, 2.45) is 10.4 Å². The molecule has 42 heavy (non-hydrogen) atoms. The van der Waals surface area contributed by atoms with Gasteiger partial charge >= 0.3 is 0 Å². The summed E-state index contributed by atoms with van der Waals surface area (Å²) < 4.78 is 5.57. The number of nitrogens with zero attached hydrogens (tertiary/aromatic N) is 3. The average Bonchev–Trinajstić information content (AvgIpc) is 3.01. The Balaban J connectivity index is 0.000000629. The third-order valence-corrected chi connectivity index (χ3v) is 8.87. The molecule has 6 heteroatoms. The molecule has 0 radical (unpaired) electrons. The van der Waals surface area contributed by atoms with E-state index in [4.69, 9.17) is 4.74 Å². The molecule has 1 spiro atoms. The predicted octanol–water partition coefficient (Wildman–Crippen LogP) is 8.81. The largest absolute Gasteiger partial charge is 0.793 e. The molecule has 2 saturated heterocycles. The molecule has 1 saturated carbocycles. The van der Waals surface area contributed by atoms with E-state index in [1.807, 2.05) is 27.8 Å². The van der Waals surface area contributed by atoms with Gasteiger partial charge in [0, 0.05) is 77.7 Å². The molecular formula is C36H60N3NdOS-. The molecule has 0 aromatic carbocycles. The molecule has 3 fully saturated rings. The Morgan fingerprint density at radius 1 is 0.952 bits per heavy atom. The first kappa shape index (κ1) is 39.7. The zero-order chi connectivity index (χ0) is 30.1. The Hall–Kier alpha value is -0.369. The summed E-state index contributed by atoms with van der Waals surface area (Å²) in [7, 11) is 5.93. The quantitative estimate of drug-likeness (QED) is 0.265. The van der Waals surface area contributed by atoms with Gasteiger partial charge in [-0.1, -0.05) is 71.4 Å². The fourth-order valence-corrected chi connectivity index (χ4v) is 6.29. The molecule has 0 atom stereocenters. The van der Waals surface area contributed by atoms with Crippen LogP contribution in [-0.2, 0) is 17.4 Å². The second-order valence-electron chi connectivity index (χ2n) is 11.8. The number of hydrogen-bond donors (Lipinski definition) is 0. The molecule has 236 valence electrons. The molecule has 3 aliphatic carbocycles. The third-order valence-electron chi connectivity index (χ3n) is 8.87. The van der Waals surface area contributed by atoms with Crippen molar-refractivity contribution < 1.29 is 45.6 Å². The van der Waals surface area contributed by atoms with E-state index < -0.39 is 0 Å². The van der Waals surface area contributed by atoms with Gasteiger partial charge in [0.05, 0.1) is 12.8 Å². The van der Waals surface area contributed by atoms with E-state index in [2.05, 4.69) is 71.8 Å². The minimum atomic E-state index is 0. The van der Waals surface area contributed by atoms with Gasteiger partial charge in [0.25, 0.3) is 0 Å². The van der Waals surface area contributed by atoms with Crippen LogP contribution in [0.3, 0.4) is 0 Å². The van der Waals surface area contributed by atoms with Crippen LogP contribution >= 0.6 is 0 Å². The number of aliphatic imine (C=N–C) groups is 1. The normalized spacial score (nSPS) is 23.2. The fourth-order valence-electron chi connectivity index (χ4n) is 6.29. The van der Waals surface area contributed by atoms with Crippen LogP contribution < -0.4 is 0 Å². The van der Waals surface area contributed by atoms with Gasteiger partial charge in [0.15, 0.2) is 0 Å². The zero-order valence-electron chi connectivity index (χ0n) is 28.1. The number of allylic oxidation sites excluding steroid dienone is 9. The number of methoxy groups -OCH3 is 1. The Morgan fingerprint density at radius 2 is 1.50 bits per heavy atom. The Labute approximate surface area is 298 Å². The molecule has 5 rings (SSSR count). The first-order chi connectivity index (χ1) is 19.9. The topological polar surface area (TPSA) is 28.1 Å². The van der Waals surface area contributed by atoms with Crippen LogP contribution in [0.2, 0.25) is 0 Å². The molecule has 4 nitrogen and oxygen atoms in total. The first-order valence-corrected chi connectivity index (χ1v) is 17.0. The SMILES string of the molecule is C1CCCCC1.CC.CC[S-].CN=C1C=CC(CCC2=CCCC=C2OC)=C/C1=C(/C)N1CC2(CCN(C)CC2)C1.[Nd]. The van der Waals surface area contributed by atoms with Gasteiger partial charge in [-0.3, -0.25) is 4.99 Å². The first-order valence-electron chi connectivity index (χ1n) is 16.5. The van der Waals surface area contributed by atoms with Crippen molar-refractivity contribution in [2.75, 3.05) is 53.1 Å². The van der Waals surface area contributed by atoms with Gasteiger partial charge in [0.2, 0.25) is 0 Å². The van der Waals surface area contributed by atoms with Crippen LogP contribution in [0.1, 0.15) is 105 Å². The van der Waals surface area contributed by atoms with Crippen LogP contribution in [0.5, 0.6) is 0 Å². The summed E-state index contributed by atoms with van der Waals surface area (Å²) in [5, 5.41) is 0. The maximum Gasteiger partial charge on any atom is 0.117 e. The van der Waals surface area contributed by atoms with Crippen LogP contribution in [0.15, 0.2) is 63.5 Å². The molecule has 0 amide bonds. The maximum absolute atomic E-state index is 5.57. The van der Waals surface area contributed by atoms with Crippen LogP contribution in [0, 0.1) is 46.3 Å². The monoisotopic (exact) mass is 724 g/mol. The second kappa shape index (κ2) is 22.2.